The molecule has 2 heterocycles. The van der Waals surface area contributed by atoms with E-state index in [0.29, 0.717) is 19.5 Å². The van der Waals surface area contributed by atoms with Crippen LogP contribution in [0, 0.1) is 0 Å². The maximum Gasteiger partial charge on any atom is 0.315 e. The normalized spacial score (nSPS) is 19.8. The Kier molecular flexibility index (Phi) is 3.11. The van der Waals surface area contributed by atoms with Crippen LogP contribution in [-0.2, 0) is 4.79 Å². The highest BCUT2D eigenvalue weighted by atomic mass is 32.1. The van der Waals surface area contributed by atoms with Crippen LogP contribution in [0.2, 0.25) is 0 Å². The third-order valence-corrected chi connectivity index (χ3v) is 3.04. The molecule has 1 aromatic rings. The Labute approximate surface area is 95.1 Å². The van der Waals surface area contributed by atoms with E-state index in [1.165, 1.54) is 11.3 Å². The van der Waals surface area contributed by atoms with Crippen LogP contribution in [-0.4, -0.2) is 51.7 Å². The van der Waals surface area contributed by atoms with Gasteiger partial charge in [0.2, 0.25) is 10.1 Å². The number of nitrogens with zero attached hydrogens (tertiary/aromatic N) is 3. The number of amides is 2. The number of carbonyl (C=O) groups excluding carboxylic acids is 2. The van der Waals surface area contributed by atoms with Crippen LogP contribution in [0.4, 0.5) is 5.13 Å². The van der Waals surface area contributed by atoms with E-state index in [0.717, 1.165) is 11.3 Å². The minimum Gasteiger partial charge on any atom is -0.391 e. The van der Waals surface area contributed by atoms with Crippen molar-refractivity contribution < 1.29 is 14.7 Å². The van der Waals surface area contributed by atoms with Crippen LogP contribution in [0.25, 0.3) is 0 Å². The van der Waals surface area contributed by atoms with Crippen molar-refractivity contribution in [2.75, 3.05) is 18.4 Å². The first-order valence-electron chi connectivity index (χ1n) is 4.64. The second-order valence-corrected chi connectivity index (χ2v) is 4.31. The highest BCUT2D eigenvalue weighted by molar-refractivity contribution is 7.17. The number of anilines is 1. The van der Waals surface area contributed by atoms with Gasteiger partial charge in [-0.25, -0.2) is 0 Å². The maximum atomic E-state index is 11.8. The zero-order valence-electron chi connectivity index (χ0n) is 8.21. The van der Waals surface area contributed by atoms with Crippen molar-refractivity contribution in [2.45, 2.75) is 12.5 Å². The lowest BCUT2D eigenvalue weighted by atomic mass is 10.3. The molecule has 85 valence electrons. The second kappa shape index (κ2) is 4.54. The number of likely N-dealkylation sites (tertiary alicyclic amines) is 1. The number of aromatic nitrogens is 2. The molecule has 0 aliphatic carbocycles. The van der Waals surface area contributed by atoms with Gasteiger partial charge < -0.3 is 10.0 Å². The van der Waals surface area contributed by atoms with E-state index in [4.69, 9.17) is 0 Å². The topological polar surface area (TPSA) is 95.4 Å². The van der Waals surface area contributed by atoms with Gasteiger partial charge in [-0.15, -0.1) is 10.2 Å². The quantitative estimate of drug-likeness (QED) is 0.677. The Morgan fingerprint density at radius 1 is 1.62 bits per heavy atom. The summed E-state index contributed by atoms with van der Waals surface area (Å²) in [6.07, 6.45) is 1.58. The fourth-order valence-corrected chi connectivity index (χ4v) is 2.12. The van der Waals surface area contributed by atoms with Crippen molar-refractivity contribution in [2.24, 2.45) is 0 Å². The molecule has 2 rings (SSSR count). The Morgan fingerprint density at radius 3 is 3.06 bits per heavy atom. The average Bonchev–Trinajstić information content (AvgIpc) is 2.87. The van der Waals surface area contributed by atoms with Gasteiger partial charge in [0, 0.05) is 13.1 Å². The first kappa shape index (κ1) is 11.0. The molecular weight excluding hydrogens is 232 g/mol. The predicted octanol–water partition coefficient (Wildman–Crippen LogP) is -0.776. The molecule has 16 heavy (non-hydrogen) atoms. The lowest BCUT2D eigenvalue weighted by Gasteiger charge is -2.12. The smallest absolute Gasteiger partial charge is 0.315 e. The number of carbonyl (C=O) groups is 1. The summed E-state index contributed by atoms with van der Waals surface area (Å²) in [5.74, 6) is -0.270. The standard InChI is InChI=1S/C8H9N4O3S/c13-4-9-8-11-10-6(16-8)7(15)12-2-1-5(14)3-12/h5,14H,1-3H2,(H,9,11,13)/t5-/m1/s1. The summed E-state index contributed by atoms with van der Waals surface area (Å²) in [6, 6.07) is 0. The Bertz CT molecular complexity index is 408. The number of nitrogens with one attached hydrogen (secondary N) is 1. The predicted molar refractivity (Wildman–Crippen MR) is 55.8 cm³/mol. The van der Waals surface area contributed by atoms with Crippen molar-refractivity contribution in [3.63, 3.8) is 0 Å². The number of hydrogen-bond acceptors (Lipinski definition) is 6. The number of aliphatic hydroxyl groups excluding tert-OH is 1. The van der Waals surface area contributed by atoms with Gasteiger partial charge >= 0.3 is 6.41 Å². The van der Waals surface area contributed by atoms with Gasteiger partial charge in [0.25, 0.3) is 5.91 Å². The van der Waals surface area contributed by atoms with E-state index in [2.05, 4.69) is 15.5 Å². The van der Waals surface area contributed by atoms with E-state index >= 15 is 0 Å². The van der Waals surface area contributed by atoms with Crippen LogP contribution in [0.5, 0.6) is 0 Å². The number of rotatable bonds is 3. The zero-order valence-corrected chi connectivity index (χ0v) is 9.03. The molecule has 1 aliphatic rings. The number of β-amino-alcohol motifs (C(OH)–C–C–N with tert-alkyl or cyclic N) is 1. The third-order valence-electron chi connectivity index (χ3n) is 2.22. The van der Waals surface area contributed by atoms with Crippen LogP contribution in [0.3, 0.4) is 0 Å². The molecule has 1 aromatic heterocycles. The van der Waals surface area contributed by atoms with Crippen LogP contribution < -0.4 is 5.32 Å². The monoisotopic (exact) mass is 241 g/mol. The molecule has 0 spiro atoms. The molecule has 0 saturated carbocycles. The molecule has 0 unspecified atom stereocenters. The Hall–Kier alpha value is -1.54. The third kappa shape index (κ3) is 2.17. The SMILES string of the molecule is O=[C]Nc1nnc(C(=O)N2CC[C@@H](O)C2)s1. The molecule has 1 aliphatic heterocycles. The fourth-order valence-electron chi connectivity index (χ4n) is 1.47. The Morgan fingerprint density at radius 2 is 2.44 bits per heavy atom. The summed E-state index contributed by atoms with van der Waals surface area (Å²) in [7, 11) is 0. The van der Waals surface area contributed by atoms with Crippen molar-refractivity contribution in [3.05, 3.63) is 5.01 Å². The summed E-state index contributed by atoms with van der Waals surface area (Å²) in [4.78, 5) is 23.3. The van der Waals surface area contributed by atoms with E-state index in [9.17, 15) is 14.7 Å². The molecule has 1 saturated heterocycles. The molecule has 2 amide bonds. The molecular formula is C8H9N4O3S. The van der Waals surface area contributed by atoms with E-state index in [-0.39, 0.29) is 16.0 Å². The molecule has 0 bridgehead atoms. The van der Waals surface area contributed by atoms with Gasteiger partial charge in [-0.2, -0.15) is 0 Å². The first-order chi connectivity index (χ1) is 7.70. The van der Waals surface area contributed by atoms with Crippen LogP contribution in [0.15, 0.2) is 0 Å². The highest BCUT2D eigenvalue weighted by Crippen LogP contribution is 2.18. The van der Waals surface area contributed by atoms with Gasteiger partial charge in [0.1, 0.15) is 0 Å². The minimum atomic E-state index is -0.460. The van der Waals surface area contributed by atoms with E-state index in [1.54, 1.807) is 0 Å². The summed E-state index contributed by atoms with van der Waals surface area (Å²) in [5, 5.41) is 19.2. The Balaban J connectivity index is 2.05. The summed E-state index contributed by atoms with van der Waals surface area (Å²) in [6.45, 7) is 0.836. The lowest BCUT2D eigenvalue weighted by Crippen LogP contribution is -2.29. The molecule has 1 fully saturated rings. The lowest BCUT2D eigenvalue weighted by molar-refractivity contribution is 0.0764. The van der Waals surface area contributed by atoms with Crippen molar-refractivity contribution in [3.8, 4) is 0 Å². The van der Waals surface area contributed by atoms with Gasteiger partial charge in [-0.05, 0) is 6.42 Å². The average molecular weight is 241 g/mol. The largest absolute Gasteiger partial charge is 0.391 e. The van der Waals surface area contributed by atoms with Crippen LogP contribution in [0.1, 0.15) is 16.2 Å². The zero-order chi connectivity index (χ0) is 11.5. The summed E-state index contributed by atoms with van der Waals surface area (Å²) >= 11 is 0.985. The maximum absolute atomic E-state index is 11.8. The fraction of sp³-hybridized carbons (Fsp3) is 0.500. The molecule has 1 atom stereocenters. The molecule has 7 nitrogen and oxygen atoms in total. The number of hydrogen-bond donors (Lipinski definition) is 2. The molecule has 1 radical (unpaired) electrons. The number of aliphatic hydroxyl groups is 1. The highest BCUT2D eigenvalue weighted by Gasteiger charge is 2.27. The first-order valence-corrected chi connectivity index (χ1v) is 5.46. The van der Waals surface area contributed by atoms with E-state index < -0.39 is 6.10 Å². The van der Waals surface area contributed by atoms with Gasteiger partial charge in [0.05, 0.1) is 6.10 Å². The summed E-state index contributed by atoms with van der Waals surface area (Å²) < 4.78 is 0. The molecule has 8 heteroatoms. The van der Waals surface area contributed by atoms with Gasteiger partial charge in [-0.3, -0.25) is 14.9 Å². The molecule has 2 N–H and O–H groups in total. The van der Waals surface area contributed by atoms with Crippen molar-refractivity contribution in [1.29, 1.82) is 0 Å². The minimum absolute atomic E-state index is 0.201. The van der Waals surface area contributed by atoms with Gasteiger partial charge in [0.15, 0.2) is 0 Å². The second-order valence-electron chi connectivity index (χ2n) is 3.33. The van der Waals surface area contributed by atoms with Crippen molar-refractivity contribution >= 4 is 28.8 Å². The van der Waals surface area contributed by atoms with Crippen LogP contribution >= 0.6 is 11.3 Å². The molecule has 0 aromatic carbocycles. The summed E-state index contributed by atoms with van der Waals surface area (Å²) in [5.41, 5.74) is 0. The van der Waals surface area contributed by atoms with Crippen molar-refractivity contribution in [1.82, 2.24) is 15.1 Å². The van der Waals surface area contributed by atoms with Gasteiger partial charge in [-0.1, -0.05) is 11.3 Å². The van der Waals surface area contributed by atoms with E-state index in [1.807, 2.05) is 0 Å².